The van der Waals surface area contributed by atoms with E-state index in [4.69, 9.17) is 5.84 Å². The van der Waals surface area contributed by atoms with Gasteiger partial charge in [0.15, 0.2) is 0 Å². The van der Waals surface area contributed by atoms with Gasteiger partial charge in [-0.2, -0.15) is 13.1 Å². The molecule has 0 aromatic carbocycles. The first kappa shape index (κ1) is 7.93. The number of hydrazine groups is 1. The second-order valence-corrected chi connectivity index (χ2v) is 3.85. The van der Waals surface area contributed by atoms with E-state index < -0.39 is 10.2 Å². The zero-order valence-corrected chi connectivity index (χ0v) is 6.32. The molecule has 60 valence electrons. The molecule has 6 heteroatoms. The van der Waals surface area contributed by atoms with Gasteiger partial charge in [-0.15, -0.1) is 4.83 Å². The van der Waals surface area contributed by atoms with Gasteiger partial charge in [0, 0.05) is 6.04 Å². The van der Waals surface area contributed by atoms with E-state index in [0.717, 1.165) is 19.3 Å². The first-order chi connectivity index (χ1) is 4.64. The fourth-order valence-electron chi connectivity index (χ4n) is 0.780. The summed E-state index contributed by atoms with van der Waals surface area (Å²) in [4.78, 5) is 1.70. The van der Waals surface area contributed by atoms with Crippen LogP contribution in [-0.2, 0) is 10.2 Å². The molecule has 1 aliphatic rings. The van der Waals surface area contributed by atoms with Gasteiger partial charge in [-0.3, -0.25) is 5.84 Å². The van der Waals surface area contributed by atoms with Crippen LogP contribution in [0.4, 0.5) is 0 Å². The third-order valence-electron chi connectivity index (χ3n) is 1.58. The smallest absolute Gasteiger partial charge is 0.257 e. The molecule has 0 aromatic rings. The van der Waals surface area contributed by atoms with E-state index >= 15 is 0 Å². The third-order valence-corrected chi connectivity index (χ3v) is 2.54. The average Bonchev–Trinajstić information content (AvgIpc) is 1.80. The zero-order chi connectivity index (χ0) is 7.61. The van der Waals surface area contributed by atoms with E-state index in [1.54, 1.807) is 4.83 Å². The Bertz CT molecular complexity index is 197. The van der Waals surface area contributed by atoms with Crippen molar-refractivity contribution in [1.82, 2.24) is 9.55 Å². The van der Waals surface area contributed by atoms with Gasteiger partial charge in [-0.25, -0.2) is 0 Å². The minimum atomic E-state index is -3.40. The summed E-state index contributed by atoms with van der Waals surface area (Å²) < 4.78 is 23.7. The first-order valence-corrected chi connectivity index (χ1v) is 4.62. The van der Waals surface area contributed by atoms with E-state index in [1.807, 2.05) is 0 Å². The predicted octanol–water partition coefficient (Wildman–Crippen LogP) is -1.16. The van der Waals surface area contributed by atoms with Crippen molar-refractivity contribution in [2.75, 3.05) is 0 Å². The molecule has 0 saturated heterocycles. The van der Waals surface area contributed by atoms with Crippen molar-refractivity contribution in [2.45, 2.75) is 25.3 Å². The molecule has 0 atom stereocenters. The fraction of sp³-hybridized carbons (Fsp3) is 1.00. The summed E-state index contributed by atoms with van der Waals surface area (Å²) in [6.45, 7) is 0. The molecule has 0 spiro atoms. The highest BCUT2D eigenvalue weighted by Crippen LogP contribution is 2.18. The van der Waals surface area contributed by atoms with Gasteiger partial charge >= 0.3 is 0 Å². The Balaban J connectivity index is 2.36. The Morgan fingerprint density at radius 3 is 2.30 bits per heavy atom. The summed E-state index contributed by atoms with van der Waals surface area (Å²) in [6.07, 6.45) is 2.93. The van der Waals surface area contributed by atoms with Crippen LogP contribution in [0.2, 0.25) is 0 Å². The van der Waals surface area contributed by atoms with E-state index in [-0.39, 0.29) is 6.04 Å². The largest absolute Gasteiger partial charge is 0.289 e. The molecule has 1 fully saturated rings. The number of nitrogens with two attached hydrogens (primary N) is 1. The minimum Gasteiger partial charge on any atom is -0.257 e. The molecule has 0 unspecified atom stereocenters. The molecule has 10 heavy (non-hydrogen) atoms. The minimum absolute atomic E-state index is 0.0982. The number of rotatable bonds is 3. The van der Waals surface area contributed by atoms with E-state index in [9.17, 15) is 8.42 Å². The lowest BCUT2D eigenvalue weighted by Gasteiger charge is -2.25. The zero-order valence-electron chi connectivity index (χ0n) is 5.50. The Kier molecular flexibility index (Phi) is 2.24. The highest BCUT2D eigenvalue weighted by atomic mass is 32.2. The Labute approximate surface area is 60.1 Å². The SMILES string of the molecule is NNS(=O)(=O)NC1CCC1. The van der Waals surface area contributed by atoms with Gasteiger partial charge in [-0.05, 0) is 12.8 Å². The monoisotopic (exact) mass is 165 g/mol. The van der Waals surface area contributed by atoms with E-state index in [0.29, 0.717) is 0 Å². The number of hydrogen-bond donors (Lipinski definition) is 3. The maximum absolute atomic E-state index is 10.7. The summed E-state index contributed by atoms with van der Waals surface area (Å²) in [5, 5.41) is 0. The van der Waals surface area contributed by atoms with Crippen LogP contribution in [0.5, 0.6) is 0 Å². The number of nitrogens with one attached hydrogen (secondary N) is 2. The standard InChI is InChI=1S/C4H11N3O2S/c5-7-10(8,9)6-4-2-1-3-4/h4,6-7H,1-3,5H2. The Morgan fingerprint density at radius 2 is 2.00 bits per heavy atom. The molecule has 0 aliphatic heterocycles. The molecular formula is C4H11N3O2S. The van der Waals surface area contributed by atoms with Crippen molar-refractivity contribution in [3.05, 3.63) is 0 Å². The summed E-state index contributed by atoms with van der Waals surface area (Å²) in [5.74, 6) is 4.73. The molecule has 0 amide bonds. The van der Waals surface area contributed by atoms with Crippen LogP contribution in [0.15, 0.2) is 0 Å². The molecular weight excluding hydrogens is 154 g/mol. The summed E-state index contributed by atoms with van der Waals surface area (Å²) in [6, 6.07) is 0.0982. The molecule has 1 saturated carbocycles. The van der Waals surface area contributed by atoms with Crippen molar-refractivity contribution >= 4 is 10.2 Å². The van der Waals surface area contributed by atoms with Crippen LogP contribution in [0.3, 0.4) is 0 Å². The van der Waals surface area contributed by atoms with Crippen LogP contribution < -0.4 is 15.4 Å². The molecule has 0 aromatic heterocycles. The molecule has 0 heterocycles. The van der Waals surface area contributed by atoms with Crippen LogP contribution >= 0.6 is 0 Å². The van der Waals surface area contributed by atoms with Gasteiger partial charge in [0.25, 0.3) is 10.2 Å². The lowest BCUT2D eigenvalue weighted by molar-refractivity contribution is 0.381. The maximum atomic E-state index is 10.7. The third kappa shape index (κ3) is 1.91. The number of hydrogen-bond acceptors (Lipinski definition) is 3. The molecule has 0 radical (unpaired) electrons. The van der Waals surface area contributed by atoms with Crippen molar-refractivity contribution in [2.24, 2.45) is 5.84 Å². The second kappa shape index (κ2) is 2.83. The van der Waals surface area contributed by atoms with Crippen molar-refractivity contribution in [1.29, 1.82) is 0 Å². The maximum Gasteiger partial charge on any atom is 0.289 e. The molecule has 4 N–H and O–H groups in total. The van der Waals surface area contributed by atoms with Gasteiger partial charge < -0.3 is 0 Å². The summed E-state index contributed by atoms with van der Waals surface area (Å²) in [7, 11) is -3.40. The Hall–Kier alpha value is -0.170. The highest BCUT2D eigenvalue weighted by molar-refractivity contribution is 7.87. The topological polar surface area (TPSA) is 84.2 Å². The fourth-order valence-corrected chi connectivity index (χ4v) is 1.52. The molecule has 1 rings (SSSR count). The van der Waals surface area contributed by atoms with E-state index in [1.165, 1.54) is 0 Å². The highest BCUT2D eigenvalue weighted by Gasteiger charge is 2.21. The van der Waals surface area contributed by atoms with Crippen molar-refractivity contribution in [3.63, 3.8) is 0 Å². The van der Waals surface area contributed by atoms with Crippen LogP contribution in [0, 0.1) is 0 Å². The molecule has 0 bridgehead atoms. The molecule has 5 nitrogen and oxygen atoms in total. The van der Waals surface area contributed by atoms with Crippen LogP contribution in [0.1, 0.15) is 19.3 Å². The van der Waals surface area contributed by atoms with Crippen molar-refractivity contribution < 1.29 is 8.42 Å². The average molecular weight is 165 g/mol. The summed E-state index contributed by atoms with van der Waals surface area (Å²) >= 11 is 0. The lowest BCUT2D eigenvalue weighted by atomic mass is 9.94. The quantitative estimate of drug-likeness (QED) is 0.364. The summed E-state index contributed by atoms with van der Waals surface area (Å²) in [5.41, 5.74) is 0. The normalized spacial score (nSPS) is 20.5. The predicted molar refractivity (Wildman–Crippen MR) is 37.0 cm³/mol. The second-order valence-electron chi connectivity index (χ2n) is 2.37. The van der Waals surface area contributed by atoms with Gasteiger partial charge in [0.1, 0.15) is 0 Å². The lowest BCUT2D eigenvalue weighted by Crippen LogP contribution is -2.47. The van der Waals surface area contributed by atoms with Crippen LogP contribution in [-0.4, -0.2) is 14.5 Å². The van der Waals surface area contributed by atoms with Crippen LogP contribution in [0.25, 0.3) is 0 Å². The van der Waals surface area contributed by atoms with Gasteiger partial charge in [0.05, 0.1) is 0 Å². The van der Waals surface area contributed by atoms with Crippen molar-refractivity contribution in [3.8, 4) is 0 Å². The Morgan fingerprint density at radius 1 is 1.40 bits per heavy atom. The molecule has 1 aliphatic carbocycles. The first-order valence-electron chi connectivity index (χ1n) is 3.14. The van der Waals surface area contributed by atoms with E-state index in [2.05, 4.69) is 4.72 Å². The van der Waals surface area contributed by atoms with Gasteiger partial charge in [-0.1, -0.05) is 6.42 Å². The van der Waals surface area contributed by atoms with Gasteiger partial charge in [0.2, 0.25) is 0 Å².